The fraction of sp³-hybridized carbons (Fsp3) is 0. The van der Waals surface area contributed by atoms with E-state index in [9.17, 15) is 8.78 Å². The van der Waals surface area contributed by atoms with E-state index >= 15 is 0 Å². The van der Waals surface area contributed by atoms with Crippen molar-refractivity contribution in [3.05, 3.63) is 65.3 Å². The zero-order valence-electron chi connectivity index (χ0n) is 10.7. The minimum absolute atomic E-state index is 0.283. The second kappa shape index (κ2) is 5.18. The molecule has 3 aromatic rings. The third-order valence-corrected chi connectivity index (χ3v) is 3.19. The van der Waals surface area contributed by atoms with Crippen molar-refractivity contribution in [3.63, 3.8) is 0 Å². The minimum Gasteiger partial charge on any atom is -0.396 e. The third kappa shape index (κ3) is 2.73. The van der Waals surface area contributed by atoms with Crippen LogP contribution in [0.3, 0.4) is 0 Å². The Hall–Kier alpha value is -2.40. The molecule has 0 fully saturated rings. The van der Waals surface area contributed by atoms with Gasteiger partial charge in [0.1, 0.15) is 17.3 Å². The molecule has 0 spiro atoms. The fourth-order valence-electron chi connectivity index (χ4n) is 2.05. The number of aromatic nitrogens is 2. The van der Waals surface area contributed by atoms with Crippen LogP contribution in [-0.2, 0) is 0 Å². The first-order valence-corrected chi connectivity index (χ1v) is 6.48. The van der Waals surface area contributed by atoms with Crippen molar-refractivity contribution in [2.75, 3.05) is 5.73 Å². The monoisotopic (exact) mass is 305 g/mol. The van der Waals surface area contributed by atoms with Gasteiger partial charge < -0.3 is 5.73 Å². The van der Waals surface area contributed by atoms with Crippen molar-refractivity contribution >= 4 is 17.3 Å². The molecule has 0 atom stereocenters. The molecule has 0 aliphatic carbocycles. The standard InChI is InChI=1S/C15H10ClF2N3/c16-10-2-1-3-13(6-10)21-8-14(19)15(20-21)9-4-11(17)7-12(18)5-9/h1-8H,19H2. The van der Waals surface area contributed by atoms with Crippen LogP contribution in [0.5, 0.6) is 0 Å². The SMILES string of the molecule is Nc1cn(-c2cccc(Cl)c2)nc1-c1cc(F)cc(F)c1. The molecule has 106 valence electrons. The molecule has 2 N–H and O–H groups in total. The van der Waals surface area contributed by atoms with Gasteiger partial charge in [0.2, 0.25) is 0 Å². The van der Waals surface area contributed by atoms with Crippen LogP contribution < -0.4 is 5.73 Å². The molecule has 0 bridgehead atoms. The van der Waals surface area contributed by atoms with Gasteiger partial charge in [-0.3, -0.25) is 0 Å². The maximum absolute atomic E-state index is 13.3. The Bertz CT molecular complexity index is 794. The van der Waals surface area contributed by atoms with Crippen molar-refractivity contribution in [2.24, 2.45) is 0 Å². The predicted octanol–water partition coefficient (Wildman–Crippen LogP) is 4.05. The number of benzene rings is 2. The molecular weight excluding hydrogens is 296 g/mol. The Morgan fingerprint density at radius 3 is 2.43 bits per heavy atom. The molecule has 0 saturated heterocycles. The average Bonchev–Trinajstić information content (AvgIpc) is 2.80. The summed E-state index contributed by atoms with van der Waals surface area (Å²) >= 11 is 5.93. The van der Waals surface area contributed by atoms with Crippen molar-refractivity contribution < 1.29 is 8.78 Å². The highest BCUT2D eigenvalue weighted by molar-refractivity contribution is 6.30. The molecule has 1 aromatic heterocycles. The van der Waals surface area contributed by atoms with Gasteiger partial charge in [-0.1, -0.05) is 17.7 Å². The van der Waals surface area contributed by atoms with Crippen LogP contribution in [-0.4, -0.2) is 9.78 Å². The van der Waals surface area contributed by atoms with E-state index in [2.05, 4.69) is 5.10 Å². The summed E-state index contributed by atoms with van der Waals surface area (Å²) in [5, 5.41) is 4.83. The lowest BCUT2D eigenvalue weighted by molar-refractivity contribution is 0.584. The number of nitrogen functional groups attached to an aromatic ring is 1. The van der Waals surface area contributed by atoms with Gasteiger partial charge in [0, 0.05) is 16.7 Å². The van der Waals surface area contributed by atoms with E-state index < -0.39 is 11.6 Å². The Balaban J connectivity index is 2.09. The number of anilines is 1. The maximum atomic E-state index is 13.3. The molecule has 0 saturated carbocycles. The number of nitrogens with zero attached hydrogens (tertiary/aromatic N) is 2. The summed E-state index contributed by atoms with van der Waals surface area (Å²) in [5.74, 6) is -1.36. The van der Waals surface area contributed by atoms with Crippen LogP contribution in [0.1, 0.15) is 0 Å². The number of hydrogen-bond donors (Lipinski definition) is 1. The Kier molecular flexibility index (Phi) is 3.35. The Morgan fingerprint density at radius 1 is 1.05 bits per heavy atom. The molecule has 6 heteroatoms. The first-order chi connectivity index (χ1) is 10.0. The molecule has 3 rings (SSSR count). The molecular formula is C15H10ClF2N3. The average molecular weight is 306 g/mol. The highest BCUT2D eigenvalue weighted by Gasteiger charge is 2.12. The predicted molar refractivity (Wildman–Crippen MR) is 78.3 cm³/mol. The summed E-state index contributed by atoms with van der Waals surface area (Å²) in [5.41, 5.74) is 7.51. The van der Waals surface area contributed by atoms with E-state index in [0.717, 1.165) is 6.07 Å². The first-order valence-electron chi connectivity index (χ1n) is 6.10. The molecule has 21 heavy (non-hydrogen) atoms. The normalized spacial score (nSPS) is 10.8. The van der Waals surface area contributed by atoms with E-state index in [1.165, 1.54) is 16.8 Å². The van der Waals surface area contributed by atoms with Gasteiger partial charge in [0.05, 0.1) is 17.6 Å². The summed E-state index contributed by atoms with van der Waals surface area (Å²) in [6.45, 7) is 0. The molecule has 2 aromatic carbocycles. The van der Waals surface area contributed by atoms with Gasteiger partial charge in [-0.25, -0.2) is 13.5 Å². The smallest absolute Gasteiger partial charge is 0.126 e. The highest BCUT2D eigenvalue weighted by Crippen LogP contribution is 2.27. The van der Waals surface area contributed by atoms with Crippen molar-refractivity contribution in [1.29, 1.82) is 0 Å². The summed E-state index contributed by atoms with van der Waals surface area (Å²) in [6.07, 6.45) is 1.57. The van der Waals surface area contributed by atoms with Crippen LogP contribution in [0.25, 0.3) is 16.9 Å². The molecule has 3 nitrogen and oxygen atoms in total. The lowest BCUT2D eigenvalue weighted by Gasteiger charge is -2.02. The summed E-state index contributed by atoms with van der Waals surface area (Å²) < 4.78 is 28.1. The topological polar surface area (TPSA) is 43.8 Å². The van der Waals surface area contributed by atoms with Crippen LogP contribution >= 0.6 is 11.6 Å². The second-order valence-electron chi connectivity index (χ2n) is 4.52. The van der Waals surface area contributed by atoms with E-state index in [4.69, 9.17) is 17.3 Å². The van der Waals surface area contributed by atoms with Crippen molar-refractivity contribution in [3.8, 4) is 16.9 Å². The maximum Gasteiger partial charge on any atom is 0.126 e. The largest absolute Gasteiger partial charge is 0.396 e. The number of halogens is 3. The Morgan fingerprint density at radius 2 is 1.76 bits per heavy atom. The third-order valence-electron chi connectivity index (χ3n) is 2.95. The zero-order chi connectivity index (χ0) is 15.0. The highest BCUT2D eigenvalue weighted by atomic mass is 35.5. The molecule has 1 heterocycles. The van der Waals surface area contributed by atoms with Gasteiger partial charge in [0.25, 0.3) is 0 Å². The number of rotatable bonds is 2. The second-order valence-corrected chi connectivity index (χ2v) is 4.95. The lowest BCUT2D eigenvalue weighted by atomic mass is 10.1. The van der Waals surface area contributed by atoms with Crippen LogP contribution in [0.15, 0.2) is 48.7 Å². The zero-order valence-corrected chi connectivity index (χ0v) is 11.5. The molecule has 0 aliphatic rings. The fourth-order valence-corrected chi connectivity index (χ4v) is 2.24. The van der Waals surface area contributed by atoms with Gasteiger partial charge in [-0.2, -0.15) is 5.10 Å². The Labute approximate surface area is 124 Å². The lowest BCUT2D eigenvalue weighted by Crippen LogP contribution is -1.94. The van der Waals surface area contributed by atoms with Crippen LogP contribution in [0, 0.1) is 11.6 Å². The van der Waals surface area contributed by atoms with E-state index in [1.54, 1.807) is 30.5 Å². The summed E-state index contributed by atoms with van der Waals surface area (Å²) in [4.78, 5) is 0. The van der Waals surface area contributed by atoms with Gasteiger partial charge in [-0.15, -0.1) is 0 Å². The van der Waals surface area contributed by atoms with E-state index in [0.29, 0.717) is 22.1 Å². The number of nitrogens with two attached hydrogens (primary N) is 1. The van der Waals surface area contributed by atoms with Gasteiger partial charge >= 0.3 is 0 Å². The molecule has 0 amide bonds. The molecule has 0 radical (unpaired) electrons. The number of hydrogen-bond acceptors (Lipinski definition) is 2. The first kappa shape index (κ1) is 13.6. The molecule has 0 aliphatic heterocycles. The minimum atomic E-state index is -0.679. The van der Waals surface area contributed by atoms with E-state index in [-0.39, 0.29) is 5.56 Å². The quantitative estimate of drug-likeness (QED) is 0.776. The summed E-state index contributed by atoms with van der Waals surface area (Å²) in [7, 11) is 0. The van der Waals surface area contributed by atoms with E-state index in [1.807, 2.05) is 0 Å². The van der Waals surface area contributed by atoms with Crippen LogP contribution in [0.4, 0.5) is 14.5 Å². The van der Waals surface area contributed by atoms with Gasteiger partial charge in [0.15, 0.2) is 0 Å². The van der Waals surface area contributed by atoms with Gasteiger partial charge in [-0.05, 0) is 30.3 Å². The van der Waals surface area contributed by atoms with Crippen molar-refractivity contribution in [1.82, 2.24) is 9.78 Å². The van der Waals surface area contributed by atoms with Crippen LogP contribution in [0.2, 0.25) is 5.02 Å². The van der Waals surface area contributed by atoms with Crippen molar-refractivity contribution in [2.45, 2.75) is 0 Å². The molecule has 0 unspecified atom stereocenters. The summed E-state index contributed by atoms with van der Waals surface area (Å²) in [6, 6.07) is 10.2.